The standard InChI is InChI=1S/C16H18N2O3/c1-11-5-3-4-6-13(11)15(19)12-9-14(18-10-12)16(20)17-7-8-21-2/h3-6,9-10,18H,7-8H2,1-2H3,(H,17,20). The van der Waals surface area contributed by atoms with Crippen molar-refractivity contribution in [2.75, 3.05) is 20.3 Å². The Labute approximate surface area is 123 Å². The fraction of sp³-hybridized carbons (Fsp3) is 0.250. The van der Waals surface area contributed by atoms with E-state index in [9.17, 15) is 9.59 Å². The van der Waals surface area contributed by atoms with E-state index in [4.69, 9.17) is 4.74 Å². The molecule has 0 bridgehead atoms. The molecule has 0 aliphatic carbocycles. The highest BCUT2D eigenvalue weighted by atomic mass is 16.5. The van der Waals surface area contributed by atoms with Crippen LogP contribution in [0.1, 0.15) is 32.0 Å². The molecule has 0 fully saturated rings. The summed E-state index contributed by atoms with van der Waals surface area (Å²) in [4.78, 5) is 27.1. The summed E-state index contributed by atoms with van der Waals surface area (Å²) >= 11 is 0. The highest BCUT2D eigenvalue weighted by molar-refractivity contribution is 6.10. The zero-order valence-corrected chi connectivity index (χ0v) is 12.1. The zero-order chi connectivity index (χ0) is 15.2. The molecule has 0 unspecified atom stereocenters. The summed E-state index contributed by atoms with van der Waals surface area (Å²) in [7, 11) is 1.57. The van der Waals surface area contributed by atoms with E-state index in [1.165, 1.54) is 0 Å². The lowest BCUT2D eigenvalue weighted by Gasteiger charge is -2.02. The number of benzene rings is 1. The van der Waals surface area contributed by atoms with Crippen molar-refractivity contribution in [1.29, 1.82) is 0 Å². The van der Waals surface area contributed by atoms with Crippen LogP contribution in [-0.2, 0) is 4.74 Å². The van der Waals surface area contributed by atoms with Crippen molar-refractivity contribution in [3.05, 3.63) is 58.9 Å². The maximum Gasteiger partial charge on any atom is 0.267 e. The largest absolute Gasteiger partial charge is 0.383 e. The monoisotopic (exact) mass is 286 g/mol. The molecular weight excluding hydrogens is 268 g/mol. The molecule has 5 nitrogen and oxygen atoms in total. The third-order valence-corrected chi connectivity index (χ3v) is 3.17. The van der Waals surface area contributed by atoms with Crippen molar-refractivity contribution >= 4 is 11.7 Å². The van der Waals surface area contributed by atoms with Gasteiger partial charge in [0.05, 0.1) is 6.61 Å². The van der Waals surface area contributed by atoms with Gasteiger partial charge in [0.1, 0.15) is 5.69 Å². The third-order valence-electron chi connectivity index (χ3n) is 3.17. The minimum Gasteiger partial charge on any atom is -0.383 e. The SMILES string of the molecule is COCCNC(=O)c1cc(C(=O)c2ccccc2C)c[nH]1. The minimum atomic E-state index is -0.254. The molecule has 1 aromatic heterocycles. The van der Waals surface area contributed by atoms with Gasteiger partial charge in [-0.15, -0.1) is 0 Å². The maximum absolute atomic E-state index is 12.4. The van der Waals surface area contributed by atoms with E-state index < -0.39 is 0 Å². The molecule has 0 saturated heterocycles. The van der Waals surface area contributed by atoms with Crippen LogP contribution in [0.4, 0.5) is 0 Å². The highest BCUT2D eigenvalue weighted by Gasteiger charge is 2.15. The summed E-state index contributed by atoms with van der Waals surface area (Å²) in [5.41, 5.74) is 2.39. The summed E-state index contributed by atoms with van der Waals surface area (Å²) in [5, 5.41) is 2.70. The molecule has 0 saturated carbocycles. The molecule has 1 heterocycles. The molecule has 0 aliphatic heterocycles. The number of ether oxygens (including phenoxy) is 1. The van der Waals surface area contributed by atoms with E-state index in [0.29, 0.717) is 30.0 Å². The van der Waals surface area contributed by atoms with E-state index >= 15 is 0 Å². The number of methoxy groups -OCH3 is 1. The van der Waals surface area contributed by atoms with Gasteiger partial charge in [-0.05, 0) is 18.6 Å². The van der Waals surface area contributed by atoms with Crippen LogP contribution in [0.5, 0.6) is 0 Å². The summed E-state index contributed by atoms with van der Waals surface area (Å²) in [6.07, 6.45) is 1.56. The van der Waals surface area contributed by atoms with Gasteiger partial charge >= 0.3 is 0 Å². The number of aryl methyl sites for hydroxylation is 1. The van der Waals surface area contributed by atoms with E-state index in [0.717, 1.165) is 5.56 Å². The van der Waals surface area contributed by atoms with Crippen molar-refractivity contribution in [2.24, 2.45) is 0 Å². The molecule has 2 aromatic rings. The number of ketones is 1. The van der Waals surface area contributed by atoms with Gasteiger partial charge in [-0.1, -0.05) is 24.3 Å². The van der Waals surface area contributed by atoms with Gasteiger partial charge < -0.3 is 15.0 Å². The minimum absolute atomic E-state index is 0.0970. The molecule has 0 spiro atoms. The smallest absolute Gasteiger partial charge is 0.267 e. The number of carbonyl (C=O) groups excluding carboxylic acids is 2. The first kappa shape index (κ1) is 15.0. The predicted octanol–water partition coefficient (Wildman–Crippen LogP) is 1.93. The molecule has 2 N–H and O–H groups in total. The van der Waals surface area contributed by atoms with Crippen molar-refractivity contribution in [3.63, 3.8) is 0 Å². The van der Waals surface area contributed by atoms with Crippen LogP contribution in [0.15, 0.2) is 36.5 Å². The molecule has 5 heteroatoms. The number of H-pyrrole nitrogens is 1. The fourth-order valence-electron chi connectivity index (χ4n) is 2.00. The predicted molar refractivity (Wildman–Crippen MR) is 79.6 cm³/mol. The molecule has 21 heavy (non-hydrogen) atoms. The molecule has 0 atom stereocenters. The number of rotatable bonds is 6. The Morgan fingerprint density at radius 1 is 1.29 bits per heavy atom. The fourth-order valence-corrected chi connectivity index (χ4v) is 2.00. The van der Waals surface area contributed by atoms with E-state index in [1.807, 2.05) is 25.1 Å². The van der Waals surface area contributed by atoms with Crippen molar-refractivity contribution in [1.82, 2.24) is 10.3 Å². The first-order valence-electron chi connectivity index (χ1n) is 6.69. The van der Waals surface area contributed by atoms with E-state index in [1.54, 1.807) is 25.4 Å². The first-order chi connectivity index (χ1) is 10.1. The van der Waals surface area contributed by atoms with Crippen LogP contribution in [0, 0.1) is 6.92 Å². The number of amides is 1. The second-order valence-corrected chi connectivity index (χ2v) is 4.69. The number of hydrogen-bond donors (Lipinski definition) is 2. The molecule has 1 amide bonds. The van der Waals surface area contributed by atoms with Gasteiger partial charge in [0, 0.05) is 31.0 Å². The van der Waals surface area contributed by atoms with Gasteiger partial charge in [0.25, 0.3) is 5.91 Å². The summed E-state index contributed by atoms with van der Waals surface area (Å²) in [6.45, 7) is 2.76. The lowest BCUT2D eigenvalue weighted by molar-refractivity contribution is 0.0932. The number of nitrogens with one attached hydrogen (secondary N) is 2. The van der Waals surface area contributed by atoms with Gasteiger partial charge in [0.2, 0.25) is 0 Å². The summed E-state index contributed by atoms with van der Waals surface area (Å²) < 4.78 is 4.86. The second kappa shape index (κ2) is 6.85. The van der Waals surface area contributed by atoms with E-state index in [-0.39, 0.29) is 11.7 Å². The Hall–Kier alpha value is -2.40. The molecule has 0 radical (unpaired) electrons. The van der Waals surface area contributed by atoms with Gasteiger partial charge in [-0.2, -0.15) is 0 Å². The molecule has 110 valence electrons. The lowest BCUT2D eigenvalue weighted by atomic mass is 10.0. The Morgan fingerprint density at radius 3 is 2.76 bits per heavy atom. The topological polar surface area (TPSA) is 71.2 Å². The molecule has 2 rings (SSSR count). The second-order valence-electron chi connectivity index (χ2n) is 4.69. The Kier molecular flexibility index (Phi) is 4.90. The summed E-state index contributed by atoms with van der Waals surface area (Å²) in [5.74, 6) is -0.351. The van der Waals surface area contributed by atoms with Crippen LogP contribution in [0.3, 0.4) is 0 Å². The Balaban J connectivity index is 2.11. The summed E-state index contributed by atoms with van der Waals surface area (Å²) in [6, 6.07) is 8.95. The molecule has 0 aliphatic rings. The van der Waals surface area contributed by atoms with Gasteiger partial charge in [-0.3, -0.25) is 9.59 Å². The highest BCUT2D eigenvalue weighted by Crippen LogP contribution is 2.14. The van der Waals surface area contributed by atoms with Crippen LogP contribution < -0.4 is 5.32 Å². The first-order valence-corrected chi connectivity index (χ1v) is 6.69. The maximum atomic E-state index is 12.4. The van der Waals surface area contributed by atoms with Crippen LogP contribution in [0.2, 0.25) is 0 Å². The lowest BCUT2D eigenvalue weighted by Crippen LogP contribution is -2.27. The van der Waals surface area contributed by atoms with Crippen LogP contribution >= 0.6 is 0 Å². The van der Waals surface area contributed by atoms with Crippen molar-refractivity contribution < 1.29 is 14.3 Å². The van der Waals surface area contributed by atoms with E-state index in [2.05, 4.69) is 10.3 Å². The number of carbonyl (C=O) groups is 2. The average Bonchev–Trinajstić information content (AvgIpc) is 2.97. The quantitative estimate of drug-likeness (QED) is 0.629. The molecule has 1 aromatic carbocycles. The zero-order valence-electron chi connectivity index (χ0n) is 12.1. The van der Waals surface area contributed by atoms with Crippen LogP contribution in [-0.4, -0.2) is 36.9 Å². The van der Waals surface area contributed by atoms with Crippen molar-refractivity contribution in [2.45, 2.75) is 6.92 Å². The number of hydrogen-bond acceptors (Lipinski definition) is 3. The average molecular weight is 286 g/mol. The number of aromatic nitrogens is 1. The Bertz CT molecular complexity index is 646. The Morgan fingerprint density at radius 2 is 2.05 bits per heavy atom. The van der Waals surface area contributed by atoms with Gasteiger partial charge in [0.15, 0.2) is 5.78 Å². The molecular formula is C16H18N2O3. The third kappa shape index (κ3) is 3.58. The normalized spacial score (nSPS) is 10.4. The number of aromatic amines is 1. The van der Waals surface area contributed by atoms with Gasteiger partial charge in [-0.25, -0.2) is 0 Å². The van der Waals surface area contributed by atoms with Crippen molar-refractivity contribution in [3.8, 4) is 0 Å². The van der Waals surface area contributed by atoms with Crippen LogP contribution in [0.25, 0.3) is 0 Å².